The Kier molecular flexibility index (Phi) is 8.22. The summed E-state index contributed by atoms with van der Waals surface area (Å²) in [4.78, 5) is 3.03. The number of hydrogen-bond donors (Lipinski definition) is 2. The maximum Gasteiger partial charge on any atom is 0.269 e. The van der Waals surface area contributed by atoms with Gasteiger partial charge in [-0.05, 0) is 102 Å². The van der Waals surface area contributed by atoms with Crippen molar-refractivity contribution in [1.82, 2.24) is 0 Å². The van der Waals surface area contributed by atoms with Crippen molar-refractivity contribution in [2.24, 2.45) is 0 Å². The Labute approximate surface area is 260 Å². The van der Waals surface area contributed by atoms with Gasteiger partial charge in [0.05, 0.1) is 0 Å². The van der Waals surface area contributed by atoms with Crippen LogP contribution in [-0.4, -0.2) is 26.1 Å². The number of halogens is 2. The van der Waals surface area contributed by atoms with Crippen molar-refractivity contribution < 1.29 is 13.0 Å². The third kappa shape index (κ3) is 6.31. The minimum Gasteiger partial charge on any atom is -0.381 e. The molecular formula is C33H30Cl2N2O3S2. The molecule has 3 aromatic carbocycles. The molecule has 0 spiro atoms. The highest BCUT2D eigenvalue weighted by Gasteiger charge is 2.25. The Morgan fingerprint density at radius 3 is 2.57 bits per heavy atom. The van der Waals surface area contributed by atoms with E-state index in [0.29, 0.717) is 16.6 Å². The summed E-state index contributed by atoms with van der Waals surface area (Å²) in [5, 5.41) is 5.64. The summed E-state index contributed by atoms with van der Waals surface area (Å²) >= 11 is 13.9. The molecular weight excluding hydrogens is 607 g/mol. The molecule has 0 bridgehead atoms. The van der Waals surface area contributed by atoms with E-state index in [0.717, 1.165) is 62.7 Å². The minimum atomic E-state index is -4.23. The van der Waals surface area contributed by atoms with Gasteiger partial charge in [-0.25, -0.2) is 0 Å². The van der Waals surface area contributed by atoms with Crippen LogP contribution in [0.4, 0.5) is 11.4 Å². The van der Waals surface area contributed by atoms with E-state index >= 15 is 0 Å². The Hall–Kier alpha value is -3.07. The van der Waals surface area contributed by atoms with Crippen LogP contribution in [0.3, 0.4) is 0 Å². The number of nitrogens with one attached hydrogen (secondary N) is 1. The number of likely N-dealkylation sites (N-methyl/N-ethyl adjacent to an activating group) is 1. The maximum absolute atomic E-state index is 11.9. The van der Waals surface area contributed by atoms with Crippen molar-refractivity contribution in [2.75, 3.05) is 17.3 Å². The molecule has 1 unspecified atom stereocenters. The lowest BCUT2D eigenvalue weighted by molar-refractivity contribution is 0.482. The van der Waals surface area contributed by atoms with Crippen LogP contribution in [0.15, 0.2) is 95.7 Å². The second kappa shape index (κ2) is 11.9. The van der Waals surface area contributed by atoms with Crippen molar-refractivity contribution in [3.63, 3.8) is 0 Å². The summed E-state index contributed by atoms with van der Waals surface area (Å²) < 4.78 is 34.5. The van der Waals surface area contributed by atoms with Gasteiger partial charge < -0.3 is 10.2 Å². The van der Waals surface area contributed by atoms with Gasteiger partial charge in [-0.15, -0.1) is 11.3 Å². The van der Waals surface area contributed by atoms with Gasteiger partial charge in [-0.3, -0.25) is 4.55 Å². The van der Waals surface area contributed by atoms with Crippen LogP contribution in [0.2, 0.25) is 10.0 Å². The molecule has 9 heteroatoms. The molecule has 1 aliphatic carbocycles. The van der Waals surface area contributed by atoms with Gasteiger partial charge in [0, 0.05) is 49.8 Å². The Morgan fingerprint density at radius 2 is 1.79 bits per heavy atom. The number of allylic oxidation sites excluding steroid dienone is 3. The van der Waals surface area contributed by atoms with Crippen molar-refractivity contribution in [2.45, 2.75) is 37.5 Å². The lowest BCUT2D eigenvalue weighted by Gasteiger charge is -2.24. The van der Waals surface area contributed by atoms with Crippen LogP contribution in [0.25, 0.3) is 16.2 Å². The van der Waals surface area contributed by atoms with Gasteiger partial charge in [0.15, 0.2) is 0 Å². The molecule has 6 rings (SSSR count). The van der Waals surface area contributed by atoms with Gasteiger partial charge in [0.2, 0.25) is 0 Å². The number of thiophene rings is 1. The zero-order valence-corrected chi connectivity index (χ0v) is 26.1. The van der Waals surface area contributed by atoms with E-state index in [4.69, 9.17) is 23.2 Å². The smallest absolute Gasteiger partial charge is 0.269 e. The second-order valence-corrected chi connectivity index (χ2v) is 14.1. The zero-order valence-electron chi connectivity index (χ0n) is 23.0. The highest BCUT2D eigenvalue weighted by atomic mass is 35.5. The quantitative estimate of drug-likeness (QED) is 0.189. The first-order valence-corrected chi connectivity index (χ1v) is 16.9. The second-order valence-electron chi connectivity index (χ2n) is 10.7. The largest absolute Gasteiger partial charge is 0.381 e. The molecule has 2 N–H and O–H groups in total. The number of hydrogen-bond acceptors (Lipinski definition) is 5. The van der Waals surface area contributed by atoms with Crippen LogP contribution < -0.4 is 10.2 Å². The molecule has 1 aliphatic heterocycles. The fraction of sp³-hybridized carbons (Fsp3) is 0.212. The predicted molar refractivity (Wildman–Crippen MR) is 177 cm³/mol. The van der Waals surface area contributed by atoms with Crippen LogP contribution >= 0.6 is 34.5 Å². The molecule has 0 radical (unpaired) electrons. The van der Waals surface area contributed by atoms with Gasteiger partial charge in [-0.2, -0.15) is 8.42 Å². The van der Waals surface area contributed by atoms with E-state index in [2.05, 4.69) is 47.6 Å². The van der Waals surface area contributed by atoms with Crippen molar-refractivity contribution in [3.05, 3.63) is 122 Å². The lowest BCUT2D eigenvalue weighted by Crippen LogP contribution is -2.18. The number of nitrogens with zero attached hydrogens (tertiary/aromatic N) is 1. The highest BCUT2D eigenvalue weighted by molar-refractivity contribution is 7.85. The molecule has 216 valence electrons. The average Bonchev–Trinajstić information content (AvgIpc) is 3.65. The van der Waals surface area contributed by atoms with E-state index in [1.54, 1.807) is 12.1 Å². The van der Waals surface area contributed by atoms with Gasteiger partial charge in [-0.1, -0.05) is 59.6 Å². The first kappa shape index (κ1) is 29.0. The van der Waals surface area contributed by atoms with Crippen molar-refractivity contribution >= 4 is 72.2 Å². The molecule has 0 fully saturated rings. The standard InChI is InChI=1S/C33H30Cl2N2O3S2/c1-37(27-5-3-2-4-6-27)33-21(10-14-26-17-23-9-12-25(35)19-30(23)36-26)7-8-22(33)11-15-32-29(20-42(38,39)40)28-18-24(34)13-16-31(28)41-32/h2-6,9-13,15-16,18-19,26,36H,7-8,14,17,20H2,1H3,(H,38,39,40)/b15-11?,21-10+. The van der Waals surface area contributed by atoms with E-state index in [1.165, 1.54) is 28.0 Å². The van der Waals surface area contributed by atoms with Crippen LogP contribution in [-0.2, 0) is 22.3 Å². The molecule has 0 saturated heterocycles. The molecule has 0 saturated carbocycles. The number of rotatable bonds is 8. The Balaban J connectivity index is 1.35. The van der Waals surface area contributed by atoms with E-state index < -0.39 is 15.9 Å². The third-order valence-corrected chi connectivity index (χ3v) is 10.1. The molecule has 42 heavy (non-hydrogen) atoms. The first-order valence-electron chi connectivity index (χ1n) is 13.7. The Bertz CT molecular complexity index is 1860. The highest BCUT2D eigenvalue weighted by Crippen LogP contribution is 2.40. The lowest BCUT2D eigenvalue weighted by atomic mass is 10.0. The summed E-state index contributed by atoms with van der Waals surface area (Å²) in [6, 6.07) is 22.1. The van der Waals surface area contributed by atoms with Crippen molar-refractivity contribution in [3.8, 4) is 0 Å². The third-order valence-electron chi connectivity index (χ3n) is 7.84. The van der Waals surface area contributed by atoms with E-state index in [1.807, 2.05) is 42.5 Å². The normalized spacial score (nSPS) is 17.9. The summed E-state index contributed by atoms with van der Waals surface area (Å²) in [6.07, 6.45) is 10.1. The molecule has 5 nitrogen and oxygen atoms in total. The predicted octanol–water partition coefficient (Wildman–Crippen LogP) is 9.15. The summed E-state index contributed by atoms with van der Waals surface area (Å²) in [6.45, 7) is 0. The minimum absolute atomic E-state index is 0.308. The number of anilines is 2. The monoisotopic (exact) mass is 636 g/mol. The van der Waals surface area contributed by atoms with E-state index in [-0.39, 0.29) is 0 Å². The number of fused-ring (bicyclic) bond motifs is 2. The molecule has 2 heterocycles. The van der Waals surface area contributed by atoms with Crippen LogP contribution in [0.1, 0.15) is 35.3 Å². The fourth-order valence-electron chi connectivity index (χ4n) is 5.89. The molecule has 2 aliphatic rings. The average molecular weight is 638 g/mol. The summed E-state index contributed by atoms with van der Waals surface area (Å²) in [5.41, 5.74) is 7.69. The Morgan fingerprint density at radius 1 is 1.02 bits per heavy atom. The van der Waals surface area contributed by atoms with Crippen molar-refractivity contribution in [1.29, 1.82) is 0 Å². The molecule has 0 amide bonds. The fourth-order valence-corrected chi connectivity index (χ4v) is 8.11. The van der Waals surface area contributed by atoms with Crippen LogP contribution in [0, 0.1) is 0 Å². The van der Waals surface area contributed by atoms with Crippen LogP contribution in [0.5, 0.6) is 0 Å². The molecule has 1 atom stereocenters. The summed E-state index contributed by atoms with van der Waals surface area (Å²) in [7, 11) is -2.14. The SMILES string of the molecule is CN(C1=C(C=Cc2sc3ccc(Cl)cc3c2CS(=O)(=O)O)CC/C1=C\CC1Cc2ccc(Cl)cc2N1)c1ccccc1. The maximum atomic E-state index is 11.9. The molecule has 4 aromatic rings. The van der Waals surface area contributed by atoms with E-state index in [9.17, 15) is 13.0 Å². The zero-order chi connectivity index (χ0) is 29.4. The van der Waals surface area contributed by atoms with Gasteiger partial charge in [0.1, 0.15) is 5.75 Å². The number of para-hydroxylation sites is 1. The van der Waals surface area contributed by atoms with Gasteiger partial charge >= 0.3 is 0 Å². The first-order chi connectivity index (χ1) is 20.1. The summed E-state index contributed by atoms with van der Waals surface area (Å²) in [5.74, 6) is -0.462. The van der Waals surface area contributed by atoms with Gasteiger partial charge in [0.25, 0.3) is 10.1 Å². The molecule has 1 aromatic heterocycles. The number of benzene rings is 3. The topological polar surface area (TPSA) is 69.6 Å².